The number of aryl methyl sites for hydroxylation is 1. The number of esters is 1. The zero-order chi connectivity index (χ0) is 21.4. The molecule has 2 aromatic heterocycles. The van der Waals surface area contributed by atoms with Crippen molar-refractivity contribution < 1.29 is 18.7 Å². The van der Waals surface area contributed by atoms with Crippen LogP contribution in [0.4, 0.5) is 4.39 Å². The number of aromatic nitrogens is 2. The van der Waals surface area contributed by atoms with Gasteiger partial charge in [0.1, 0.15) is 15.5 Å². The van der Waals surface area contributed by atoms with Crippen molar-refractivity contribution in [1.82, 2.24) is 15.1 Å². The van der Waals surface area contributed by atoms with E-state index in [-0.39, 0.29) is 11.9 Å². The Bertz CT molecular complexity index is 1080. The molecule has 158 valence electrons. The summed E-state index contributed by atoms with van der Waals surface area (Å²) in [5.41, 5.74) is 1.29. The smallest absolute Gasteiger partial charge is 0.349 e. The lowest BCUT2D eigenvalue weighted by atomic mass is 10.1. The number of ether oxygens (including phenoxy) is 1. The number of halogens is 1. The molecule has 6 nitrogen and oxygen atoms in total. The predicted octanol–water partition coefficient (Wildman–Crippen LogP) is 4.38. The van der Waals surface area contributed by atoms with Crippen molar-refractivity contribution in [1.29, 1.82) is 0 Å². The maximum Gasteiger partial charge on any atom is 0.349 e. The van der Waals surface area contributed by atoms with Gasteiger partial charge < -0.3 is 10.1 Å². The van der Waals surface area contributed by atoms with E-state index in [0.717, 1.165) is 35.3 Å². The number of carbonyl (C=O) groups excluding carboxylic acids is 2. The molecule has 0 saturated heterocycles. The largest absolute Gasteiger partial charge is 0.443 e. The van der Waals surface area contributed by atoms with Crippen LogP contribution in [0.1, 0.15) is 53.7 Å². The third-order valence-electron chi connectivity index (χ3n) is 4.91. The van der Waals surface area contributed by atoms with Gasteiger partial charge in [0.25, 0.3) is 5.91 Å². The Hall–Kier alpha value is -2.74. The highest BCUT2D eigenvalue weighted by Crippen LogP contribution is 2.31. The lowest BCUT2D eigenvalue weighted by Crippen LogP contribution is -2.33. The second-order valence-corrected chi connectivity index (χ2v) is 9.14. The monoisotopic (exact) mass is 429 g/mol. The Morgan fingerprint density at radius 2 is 2.00 bits per heavy atom. The molecule has 2 heterocycles. The van der Waals surface area contributed by atoms with E-state index in [1.165, 1.54) is 35.6 Å². The van der Waals surface area contributed by atoms with Gasteiger partial charge in [-0.15, -0.1) is 11.3 Å². The third-order valence-corrected chi connectivity index (χ3v) is 6.03. The van der Waals surface area contributed by atoms with E-state index >= 15 is 0 Å². The second-order valence-electron chi connectivity index (χ2n) is 8.11. The van der Waals surface area contributed by atoms with Crippen LogP contribution in [0.25, 0.3) is 10.2 Å². The first kappa shape index (κ1) is 20.5. The molecule has 0 bridgehead atoms. The summed E-state index contributed by atoms with van der Waals surface area (Å²) >= 11 is 1.31. The molecule has 1 aliphatic rings. The van der Waals surface area contributed by atoms with Crippen LogP contribution in [0.2, 0.25) is 0 Å². The fourth-order valence-corrected chi connectivity index (χ4v) is 4.32. The summed E-state index contributed by atoms with van der Waals surface area (Å²) in [5.74, 6) is -0.965. The first-order chi connectivity index (χ1) is 14.3. The number of carbonyl (C=O) groups is 2. The summed E-state index contributed by atoms with van der Waals surface area (Å²) in [7, 11) is 0. The number of benzene rings is 1. The highest BCUT2D eigenvalue weighted by Gasteiger charge is 2.31. The Morgan fingerprint density at radius 3 is 2.63 bits per heavy atom. The van der Waals surface area contributed by atoms with Crippen molar-refractivity contribution >= 4 is 33.4 Å². The molecule has 1 N–H and O–H groups in total. The normalized spacial score (nSPS) is 14.8. The van der Waals surface area contributed by atoms with Crippen LogP contribution in [0.3, 0.4) is 0 Å². The Morgan fingerprint density at radius 1 is 1.30 bits per heavy atom. The Kier molecular flexibility index (Phi) is 5.60. The SMILES string of the molecule is Cc1nn(CC(C)C)c2sc(C(=O)O[C@H](C(=O)NC3CC3)c3ccc(F)cc3)cc12. The van der Waals surface area contributed by atoms with Gasteiger partial charge in [0, 0.05) is 23.5 Å². The minimum Gasteiger partial charge on any atom is -0.443 e. The van der Waals surface area contributed by atoms with Crippen molar-refractivity contribution in [2.75, 3.05) is 0 Å². The number of hydrogen-bond acceptors (Lipinski definition) is 5. The molecule has 0 unspecified atom stereocenters. The Labute approximate surface area is 178 Å². The molecule has 8 heteroatoms. The standard InChI is InChI=1S/C22H24FN3O3S/c1-12(2)11-26-21-17(13(3)25-26)10-18(30-21)22(28)29-19(20(27)24-16-8-9-16)14-4-6-15(23)7-5-14/h4-7,10,12,16,19H,8-9,11H2,1-3H3,(H,24,27)/t19-/m0/s1. The summed E-state index contributed by atoms with van der Waals surface area (Å²) in [5, 5.41) is 8.33. The maximum absolute atomic E-state index is 13.3. The topological polar surface area (TPSA) is 73.2 Å². The number of nitrogens with zero attached hydrogens (tertiary/aromatic N) is 2. The second kappa shape index (κ2) is 8.18. The zero-order valence-corrected chi connectivity index (χ0v) is 18.0. The van der Waals surface area contributed by atoms with E-state index in [9.17, 15) is 14.0 Å². The van der Waals surface area contributed by atoms with Crippen LogP contribution in [-0.2, 0) is 16.1 Å². The third kappa shape index (κ3) is 4.38. The van der Waals surface area contributed by atoms with Gasteiger partial charge in [-0.05, 0) is 43.9 Å². The molecule has 1 aromatic carbocycles. The first-order valence-electron chi connectivity index (χ1n) is 10.1. The molecule has 1 fully saturated rings. The molecule has 0 spiro atoms. The zero-order valence-electron chi connectivity index (χ0n) is 17.1. The highest BCUT2D eigenvalue weighted by atomic mass is 32.1. The van der Waals surface area contributed by atoms with Crippen LogP contribution >= 0.6 is 11.3 Å². The summed E-state index contributed by atoms with van der Waals surface area (Å²) in [6.45, 7) is 6.88. The molecule has 1 atom stereocenters. The molecule has 1 aliphatic carbocycles. The number of rotatable bonds is 7. The van der Waals surface area contributed by atoms with Crippen LogP contribution in [0.15, 0.2) is 30.3 Å². The molecule has 1 saturated carbocycles. The lowest BCUT2D eigenvalue weighted by molar-refractivity contribution is -0.130. The summed E-state index contributed by atoms with van der Waals surface area (Å²) in [6.07, 6.45) is 0.701. The van der Waals surface area contributed by atoms with E-state index in [1.54, 1.807) is 6.07 Å². The molecular formula is C22H24FN3O3S. The summed E-state index contributed by atoms with van der Waals surface area (Å²) in [4.78, 5) is 26.9. The number of thiophene rings is 1. The quantitative estimate of drug-likeness (QED) is 0.566. The van der Waals surface area contributed by atoms with Gasteiger partial charge in [-0.1, -0.05) is 26.0 Å². The van der Waals surface area contributed by atoms with E-state index in [4.69, 9.17) is 4.74 Å². The average Bonchev–Trinajstić information content (AvgIpc) is 3.30. The minimum atomic E-state index is -1.13. The predicted molar refractivity (Wildman–Crippen MR) is 113 cm³/mol. The van der Waals surface area contributed by atoms with Crippen molar-refractivity contribution in [3.63, 3.8) is 0 Å². The molecule has 30 heavy (non-hydrogen) atoms. The van der Waals surface area contributed by atoms with Gasteiger partial charge in [0.05, 0.1) is 5.69 Å². The maximum atomic E-state index is 13.3. The van der Waals surface area contributed by atoms with Crippen molar-refractivity contribution in [2.45, 2.75) is 52.3 Å². The summed E-state index contributed by atoms with van der Waals surface area (Å²) in [6, 6.07) is 7.33. The minimum absolute atomic E-state index is 0.119. The molecule has 0 aliphatic heterocycles. The fourth-order valence-electron chi connectivity index (χ4n) is 3.26. The number of nitrogens with one attached hydrogen (secondary N) is 1. The number of amides is 1. The van der Waals surface area contributed by atoms with Gasteiger partial charge in [0.2, 0.25) is 6.10 Å². The van der Waals surface area contributed by atoms with Gasteiger partial charge in [-0.25, -0.2) is 9.18 Å². The number of hydrogen-bond donors (Lipinski definition) is 1. The Balaban J connectivity index is 1.60. The summed E-state index contributed by atoms with van der Waals surface area (Å²) < 4.78 is 20.9. The van der Waals surface area contributed by atoms with Crippen molar-refractivity contribution in [3.05, 3.63) is 52.3 Å². The van der Waals surface area contributed by atoms with Crippen molar-refractivity contribution in [2.24, 2.45) is 5.92 Å². The van der Waals surface area contributed by atoms with E-state index in [2.05, 4.69) is 24.3 Å². The van der Waals surface area contributed by atoms with Crippen molar-refractivity contribution in [3.8, 4) is 0 Å². The lowest BCUT2D eigenvalue weighted by Gasteiger charge is -2.17. The molecule has 0 radical (unpaired) electrons. The van der Waals surface area contributed by atoms with Gasteiger partial charge in [-0.2, -0.15) is 5.10 Å². The molecule has 4 rings (SSSR count). The van der Waals surface area contributed by atoms with Gasteiger partial charge >= 0.3 is 5.97 Å². The highest BCUT2D eigenvalue weighted by molar-refractivity contribution is 7.20. The van der Waals surface area contributed by atoms with Crippen LogP contribution in [0, 0.1) is 18.7 Å². The molecule has 1 amide bonds. The fraction of sp³-hybridized carbons (Fsp3) is 0.409. The van der Waals surface area contributed by atoms with Gasteiger partial charge in [0.15, 0.2) is 0 Å². The van der Waals surface area contributed by atoms with Gasteiger partial charge in [-0.3, -0.25) is 9.48 Å². The van der Waals surface area contributed by atoms with E-state index in [0.29, 0.717) is 16.4 Å². The molecule has 3 aromatic rings. The van der Waals surface area contributed by atoms with E-state index < -0.39 is 17.9 Å². The van der Waals surface area contributed by atoms with E-state index in [1.807, 2.05) is 11.6 Å². The van der Waals surface area contributed by atoms with Crippen LogP contribution in [0.5, 0.6) is 0 Å². The van der Waals surface area contributed by atoms with Crippen LogP contribution in [-0.4, -0.2) is 27.7 Å². The first-order valence-corrected chi connectivity index (χ1v) is 10.9. The molecular weight excluding hydrogens is 405 g/mol. The average molecular weight is 430 g/mol. The number of fused-ring (bicyclic) bond motifs is 1. The van der Waals surface area contributed by atoms with Crippen LogP contribution < -0.4 is 5.32 Å².